The van der Waals surface area contributed by atoms with Gasteiger partial charge in [0, 0.05) is 0 Å². The molecule has 4 atom stereocenters. The lowest BCUT2D eigenvalue weighted by molar-refractivity contribution is -0.132. The van der Waals surface area contributed by atoms with Crippen molar-refractivity contribution in [2.45, 2.75) is 205 Å². The number of unbranched alkanes of at least 4 members (excludes halogenated alkanes) is 21. The van der Waals surface area contributed by atoms with Crippen LogP contribution in [0.4, 0.5) is 0 Å². The molecule has 0 aliphatic carbocycles. The minimum absolute atomic E-state index is 0.356. The van der Waals surface area contributed by atoms with E-state index < -0.39 is 36.9 Å². The summed E-state index contributed by atoms with van der Waals surface area (Å²) in [6, 6.07) is -0.984. The molecule has 250 valence electrons. The Morgan fingerprint density at radius 2 is 0.952 bits per heavy atom. The first kappa shape index (κ1) is 41.0. The zero-order valence-electron chi connectivity index (χ0n) is 27.8. The van der Waals surface area contributed by atoms with E-state index in [4.69, 9.17) is 0 Å². The minimum atomic E-state index is -1.26. The van der Waals surface area contributed by atoms with Gasteiger partial charge in [0.25, 0.3) is 0 Å². The fourth-order valence-electron chi connectivity index (χ4n) is 5.51. The molecule has 0 rings (SSSR count). The Kier molecular flexibility index (Phi) is 30.8. The second-order valence-electron chi connectivity index (χ2n) is 12.6. The Labute approximate surface area is 260 Å². The van der Waals surface area contributed by atoms with Gasteiger partial charge in [-0.2, -0.15) is 0 Å². The van der Waals surface area contributed by atoms with Crippen molar-refractivity contribution in [1.29, 1.82) is 0 Å². The van der Waals surface area contributed by atoms with E-state index in [9.17, 15) is 25.2 Å². The van der Waals surface area contributed by atoms with Crippen molar-refractivity contribution >= 4 is 5.91 Å². The van der Waals surface area contributed by atoms with Gasteiger partial charge >= 0.3 is 0 Å². The molecule has 0 spiro atoms. The van der Waals surface area contributed by atoms with E-state index in [0.29, 0.717) is 12.8 Å². The van der Waals surface area contributed by atoms with Crippen molar-refractivity contribution in [2.75, 3.05) is 6.61 Å². The average molecular weight is 598 g/mol. The third-order valence-corrected chi connectivity index (χ3v) is 8.48. The van der Waals surface area contributed by atoms with Gasteiger partial charge in [-0.25, -0.2) is 0 Å². The Hall–Kier alpha value is -0.950. The standard InChI is InChI=1S/C36H71NO5/c1-3-5-7-9-11-13-15-16-17-18-20-21-23-25-27-29-33(39)35(41)32(31-38)37-36(42)34(40)30-28-26-24-22-19-14-12-10-8-6-4-2/h12,14,32-35,38-41H,3-11,13,15-31H2,1-2H3,(H,37,42)/b14-12-. The highest BCUT2D eigenvalue weighted by Gasteiger charge is 2.28. The first-order valence-corrected chi connectivity index (χ1v) is 18.1. The first-order chi connectivity index (χ1) is 20.5. The van der Waals surface area contributed by atoms with Gasteiger partial charge in [-0.1, -0.05) is 154 Å². The van der Waals surface area contributed by atoms with E-state index in [1.165, 1.54) is 96.3 Å². The maximum absolute atomic E-state index is 12.4. The Morgan fingerprint density at radius 3 is 1.43 bits per heavy atom. The molecule has 6 nitrogen and oxygen atoms in total. The van der Waals surface area contributed by atoms with Gasteiger partial charge in [0.05, 0.1) is 18.8 Å². The molecule has 1 amide bonds. The molecule has 0 fully saturated rings. The van der Waals surface area contributed by atoms with Gasteiger partial charge in [0.15, 0.2) is 0 Å². The molecule has 0 saturated heterocycles. The SMILES string of the molecule is CCCCC/C=C\CCCCCCC(O)C(=O)NC(CO)C(O)C(O)CCCCCCCCCCCCCCCCC. The molecule has 0 aliphatic rings. The summed E-state index contributed by atoms with van der Waals surface area (Å²) in [4.78, 5) is 12.4. The maximum Gasteiger partial charge on any atom is 0.249 e. The molecule has 0 aromatic heterocycles. The molecule has 6 heteroatoms. The van der Waals surface area contributed by atoms with E-state index in [1.54, 1.807) is 0 Å². The first-order valence-electron chi connectivity index (χ1n) is 18.1. The number of allylic oxidation sites excluding steroid dienone is 2. The second kappa shape index (κ2) is 31.5. The lowest BCUT2D eigenvalue weighted by Gasteiger charge is -2.27. The van der Waals surface area contributed by atoms with Crippen molar-refractivity contribution < 1.29 is 25.2 Å². The van der Waals surface area contributed by atoms with Gasteiger partial charge in [0.2, 0.25) is 5.91 Å². The van der Waals surface area contributed by atoms with Crippen molar-refractivity contribution in [2.24, 2.45) is 0 Å². The third-order valence-electron chi connectivity index (χ3n) is 8.48. The third kappa shape index (κ3) is 25.5. The summed E-state index contributed by atoms with van der Waals surface area (Å²) in [6.07, 6.45) is 30.9. The molecule has 5 N–H and O–H groups in total. The highest BCUT2D eigenvalue weighted by atomic mass is 16.3. The summed E-state index contributed by atoms with van der Waals surface area (Å²) in [5.41, 5.74) is 0. The van der Waals surface area contributed by atoms with Crippen LogP contribution in [0, 0.1) is 0 Å². The normalized spacial score (nSPS) is 14.7. The molecular weight excluding hydrogens is 526 g/mol. The maximum atomic E-state index is 12.4. The fraction of sp³-hybridized carbons (Fsp3) is 0.917. The van der Waals surface area contributed by atoms with Gasteiger partial charge in [0.1, 0.15) is 12.2 Å². The van der Waals surface area contributed by atoms with Crippen LogP contribution in [0.15, 0.2) is 12.2 Å². The quantitative estimate of drug-likeness (QED) is 0.0396. The van der Waals surface area contributed by atoms with E-state index in [2.05, 4.69) is 31.3 Å². The Bertz CT molecular complexity index is 599. The molecular formula is C36H71NO5. The van der Waals surface area contributed by atoms with Crippen LogP contribution in [-0.2, 0) is 4.79 Å². The van der Waals surface area contributed by atoms with Crippen LogP contribution in [0.1, 0.15) is 181 Å². The Balaban J connectivity index is 3.83. The van der Waals surface area contributed by atoms with Crippen LogP contribution in [0.3, 0.4) is 0 Å². The number of nitrogens with one attached hydrogen (secondary N) is 1. The molecule has 0 aromatic carbocycles. The van der Waals surface area contributed by atoms with Crippen molar-refractivity contribution in [3.8, 4) is 0 Å². The van der Waals surface area contributed by atoms with Crippen molar-refractivity contribution in [3.05, 3.63) is 12.2 Å². The molecule has 0 aliphatic heterocycles. The number of carbonyl (C=O) groups is 1. The molecule has 0 saturated carbocycles. The van der Waals surface area contributed by atoms with Crippen LogP contribution in [0.2, 0.25) is 0 Å². The fourth-order valence-corrected chi connectivity index (χ4v) is 5.51. The number of carbonyl (C=O) groups excluding carboxylic acids is 1. The van der Waals surface area contributed by atoms with Crippen LogP contribution >= 0.6 is 0 Å². The predicted octanol–water partition coefficient (Wildman–Crippen LogP) is 8.28. The molecule has 0 radical (unpaired) electrons. The van der Waals surface area contributed by atoms with E-state index in [-0.39, 0.29) is 0 Å². The molecule has 0 aromatic rings. The lowest BCUT2D eigenvalue weighted by atomic mass is 9.99. The van der Waals surface area contributed by atoms with Crippen LogP contribution in [0.5, 0.6) is 0 Å². The van der Waals surface area contributed by atoms with Gasteiger partial charge < -0.3 is 25.7 Å². The molecule has 42 heavy (non-hydrogen) atoms. The highest BCUT2D eigenvalue weighted by molar-refractivity contribution is 5.80. The Morgan fingerprint density at radius 1 is 0.571 bits per heavy atom. The summed E-state index contributed by atoms with van der Waals surface area (Å²) in [6.45, 7) is 3.99. The number of aliphatic hydroxyl groups is 4. The summed E-state index contributed by atoms with van der Waals surface area (Å²) in [7, 11) is 0. The van der Waals surface area contributed by atoms with E-state index in [1.807, 2.05) is 0 Å². The van der Waals surface area contributed by atoms with Gasteiger partial charge in [-0.15, -0.1) is 0 Å². The summed E-state index contributed by atoms with van der Waals surface area (Å²) >= 11 is 0. The number of aliphatic hydroxyl groups excluding tert-OH is 4. The zero-order valence-corrected chi connectivity index (χ0v) is 27.8. The topological polar surface area (TPSA) is 110 Å². The monoisotopic (exact) mass is 598 g/mol. The smallest absolute Gasteiger partial charge is 0.249 e. The minimum Gasteiger partial charge on any atom is -0.394 e. The number of rotatable bonds is 32. The van der Waals surface area contributed by atoms with Crippen LogP contribution < -0.4 is 5.32 Å². The van der Waals surface area contributed by atoms with Crippen molar-refractivity contribution in [1.82, 2.24) is 5.32 Å². The number of hydrogen-bond donors (Lipinski definition) is 5. The predicted molar refractivity (Wildman–Crippen MR) is 178 cm³/mol. The second-order valence-corrected chi connectivity index (χ2v) is 12.6. The largest absolute Gasteiger partial charge is 0.394 e. The van der Waals surface area contributed by atoms with Crippen molar-refractivity contribution in [3.63, 3.8) is 0 Å². The summed E-state index contributed by atoms with van der Waals surface area (Å²) < 4.78 is 0. The number of amides is 1. The van der Waals surface area contributed by atoms with Crippen LogP contribution in [-0.4, -0.2) is 57.3 Å². The molecule has 4 unspecified atom stereocenters. The average Bonchev–Trinajstić information content (AvgIpc) is 2.99. The zero-order chi connectivity index (χ0) is 31.1. The highest BCUT2D eigenvalue weighted by Crippen LogP contribution is 2.16. The summed E-state index contributed by atoms with van der Waals surface area (Å²) in [5.74, 6) is -0.595. The van der Waals surface area contributed by atoms with Gasteiger partial charge in [-0.05, 0) is 38.5 Å². The van der Waals surface area contributed by atoms with Gasteiger partial charge in [-0.3, -0.25) is 4.79 Å². The molecule has 0 heterocycles. The lowest BCUT2D eigenvalue weighted by Crippen LogP contribution is -2.53. The summed E-state index contributed by atoms with van der Waals surface area (Å²) in [5, 5.41) is 43.3. The van der Waals surface area contributed by atoms with E-state index in [0.717, 1.165) is 57.8 Å². The van der Waals surface area contributed by atoms with E-state index >= 15 is 0 Å². The molecule has 0 bridgehead atoms. The van der Waals surface area contributed by atoms with Crippen LogP contribution in [0.25, 0.3) is 0 Å². The number of hydrogen-bond acceptors (Lipinski definition) is 5.